The molecule has 1 aromatic carbocycles. The fourth-order valence-corrected chi connectivity index (χ4v) is 2.14. The number of carbonyl (C=O) groups is 1. The number of aryl methyl sites for hydroxylation is 1. The number of nitrogens with zero attached hydrogens (tertiary/aromatic N) is 1. The predicted molar refractivity (Wildman–Crippen MR) is 93.8 cm³/mol. The average molecular weight is 326 g/mol. The van der Waals surface area contributed by atoms with Gasteiger partial charge >= 0.3 is 6.09 Å². The first-order valence-electron chi connectivity index (χ1n) is 7.81. The summed E-state index contributed by atoms with van der Waals surface area (Å²) in [6.45, 7) is 2.75. The number of aromatic nitrogens is 1. The van der Waals surface area contributed by atoms with Crippen LogP contribution in [0.15, 0.2) is 48.7 Å². The lowest BCUT2D eigenvalue weighted by Gasteiger charge is -2.06. The Balaban J connectivity index is 1.66. The molecule has 0 saturated carbocycles. The monoisotopic (exact) mass is 326 g/mol. The van der Waals surface area contributed by atoms with Crippen LogP contribution in [0.2, 0.25) is 0 Å². The molecule has 0 aliphatic heterocycles. The van der Waals surface area contributed by atoms with Crippen LogP contribution in [-0.2, 0) is 11.3 Å². The van der Waals surface area contributed by atoms with Crippen molar-refractivity contribution in [2.75, 3.05) is 13.7 Å². The van der Waals surface area contributed by atoms with Crippen molar-refractivity contribution in [2.24, 2.45) is 0 Å². The van der Waals surface area contributed by atoms with Gasteiger partial charge in [-0.15, -0.1) is 0 Å². The van der Waals surface area contributed by atoms with Gasteiger partial charge in [-0.2, -0.15) is 0 Å². The fraction of sp³-hybridized carbons (Fsp3) is 0.263. The van der Waals surface area contributed by atoms with Crippen molar-refractivity contribution in [3.63, 3.8) is 0 Å². The van der Waals surface area contributed by atoms with E-state index in [1.807, 2.05) is 55.5 Å². The maximum Gasteiger partial charge on any atom is 0.407 e. The molecule has 1 aromatic heterocycles. The molecule has 0 aliphatic carbocycles. The minimum Gasteiger partial charge on any atom is -0.481 e. The zero-order valence-electron chi connectivity index (χ0n) is 14.0. The van der Waals surface area contributed by atoms with E-state index < -0.39 is 6.09 Å². The largest absolute Gasteiger partial charge is 0.481 e. The number of amides is 1. The summed E-state index contributed by atoms with van der Waals surface area (Å²) in [5, 5.41) is 2.72. The molecule has 0 saturated heterocycles. The Morgan fingerprint density at radius 3 is 2.79 bits per heavy atom. The Bertz CT molecular complexity index is 684. The van der Waals surface area contributed by atoms with Crippen LogP contribution in [0.3, 0.4) is 0 Å². The van der Waals surface area contributed by atoms with Crippen molar-refractivity contribution >= 4 is 12.2 Å². The first kappa shape index (κ1) is 17.5. The molecule has 0 radical (unpaired) electrons. The van der Waals surface area contributed by atoms with E-state index in [4.69, 9.17) is 9.47 Å². The standard InChI is InChI=1S/C19H22N2O3/c1-15-12-17(13-21-18(15)23-2)10-6-7-11-20-19(22)24-14-16-8-4-3-5-9-16/h3-6,8-10,12-13H,7,11,14H2,1-2H3,(H,20,22). The molecule has 126 valence electrons. The molecule has 0 unspecified atom stereocenters. The topological polar surface area (TPSA) is 60.5 Å². The van der Waals surface area contributed by atoms with Crippen LogP contribution >= 0.6 is 0 Å². The second-order valence-electron chi connectivity index (χ2n) is 5.27. The Kier molecular flexibility index (Phi) is 6.83. The fourth-order valence-electron chi connectivity index (χ4n) is 2.14. The van der Waals surface area contributed by atoms with Crippen LogP contribution in [0.4, 0.5) is 4.79 Å². The molecule has 0 fully saturated rings. The number of benzene rings is 1. The number of hydrogen-bond acceptors (Lipinski definition) is 4. The summed E-state index contributed by atoms with van der Waals surface area (Å²) in [5.41, 5.74) is 2.96. The van der Waals surface area contributed by atoms with Crippen LogP contribution in [0.25, 0.3) is 6.08 Å². The molecule has 1 heterocycles. The molecule has 0 bridgehead atoms. The maximum atomic E-state index is 11.6. The number of carbonyl (C=O) groups excluding carboxylic acids is 1. The van der Waals surface area contributed by atoms with Crippen molar-refractivity contribution in [1.29, 1.82) is 0 Å². The normalized spacial score (nSPS) is 10.6. The summed E-state index contributed by atoms with van der Waals surface area (Å²) in [7, 11) is 1.60. The highest BCUT2D eigenvalue weighted by atomic mass is 16.5. The number of hydrogen-bond donors (Lipinski definition) is 1. The number of rotatable bonds is 7. The highest BCUT2D eigenvalue weighted by molar-refractivity contribution is 5.67. The third-order valence-electron chi connectivity index (χ3n) is 3.35. The Morgan fingerprint density at radius 2 is 2.08 bits per heavy atom. The van der Waals surface area contributed by atoms with E-state index >= 15 is 0 Å². The molecule has 2 aromatic rings. The first-order chi connectivity index (χ1) is 11.7. The first-order valence-corrected chi connectivity index (χ1v) is 7.81. The van der Waals surface area contributed by atoms with Gasteiger partial charge in [-0.3, -0.25) is 0 Å². The average Bonchev–Trinajstić information content (AvgIpc) is 2.61. The Morgan fingerprint density at radius 1 is 1.29 bits per heavy atom. The van der Waals surface area contributed by atoms with Gasteiger partial charge in [0.2, 0.25) is 5.88 Å². The lowest BCUT2D eigenvalue weighted by molar-refractivity contribution is 0.140. The van der Waals surface area contributed by atoms with Gasteiger partial charge in [0.15, 0.2) is 0 Å². The van der Waals surface area contributed by atoms with Gasteiger partial charge in [-0.05, 0) is 30.5 Å². The highest BCUT2D eigenvalue weighted by Crippen LogP contribution is 2.15. The van der Waals surface area contributed by atoms with Crippen molar-refractivity contribution in [2.45, 2.75) is 20.0 Å². The van der Waals surface area contributed by atoms with Crippen molar-refractivity contribution < 1.29 is 14.3 Å². The van der Waals surface area contributed by atoms with Crippen LogP contribution in [0, 0.1) is 6.92 Å². The number of methoxy groups -OCH3 is 1. The van der Waals surface area contributed by atoms with Gasteiger partial charge in [-0.1, -0.05) is 42.5 Å². The van der Waals surface area contributed by atoms with Gasteiger partial charge in [0.1, 0.15) is 6.61 Å². The summed E-state index contributed by atoms with van der Waals surface area (Å²) in [4.78, 5) is 15.8. The lowest BCUT2D eigenvalue weighted by Crippen LogP contribution is -2.24. The molecule has 0 spiro atoms. The van der Waals surface area contributed by atoms with Crippen molar-refractivity contribution in [3.8, 4) is 5.88 Å². The van der Waals surface area contributed by atoms with E-state index in [0.717, 1.165) is 16.7 Å². The van der Waals surface area contributed by atoms with Gasteiger partial charge < -0.3 is 14.8 Å². The summed E-state index contributed by atoms with van der Waals surface area (Å²) in [6, 6.07) is 11.6. The van der Waals surface area contributed by atoms with Crippen LogP contribution in [0.5, 0.6) is 5.88 Å². The quantitative estimate of drug-likeness (QED) is 0.788. The molecule has 24 heavy (non-hydrogen) atoms. The zero-order chi connectivity index (χ0) is 17.2. The third-order valence-corrected chi connectivity index (χ3v) is 3.35. The lowest BCUT2D eigenvalue weighted by atomic mass is 10.2. The second-order valence-corrected chi connectivity index (χ2v) is 5.27. The van der Waals surface area contributed by atoms with Crippen molar-refractivity contribution in [3.05, 3.63) is 65.4 Å². The van der Waals surface area contributed by atoms with Gasteiger partial charge in [0, 0.05) is 18.3 Å². The van der Waals surface area contributed by atoms with Gasteiger partial charge in [-0.25, -0.2) is 9.78 Å². The predicted octanol–water partition coefficient (Wildman–Crippen LogP) is 3.73. The Labute approximate surface area is 142 Å². The minimum atomic E-state index is -0.408. The van der Waals surface area contributed by atoms with E-state index in [2.05, 4.69) is 10.3 Å². The summed E-state index contributed by atoms with van der Waals surface area (Å²) >= 11 is 0. The molecular formula is C19H22N2O3. The Hall–Kier alpha value is -2.82. The van der Waals surface area contributed by atoms with Crippen LogP contribution in [0.1, 0.15) is 23.1 Å². The van der Waals surface area contributed by atoms with E-state index in [9.17, 15) is 4.79 Å². The van der Waals surface area contributed by atoms with E-state index in [1.165, 1.54) is 0 Å². The molecule has 2 rings (SSSR count). The van der Waals surface area contributed by atoms with Crippen LogP contribution < -0.4 is 10.1 Å². The number of ether oxygens (including phenoxy) is 2. The van der Waals surface area contributed by atoms with Crippen molar-refractivity contribution in [1.82, 2.24) is 10.3 Å². The van der Waals surface area contributed by atoms with Gasteiger partial charge in [0.25, 0.3) is 0 Å². The second kappa shape index (κ2) is 9.35. The maximum absolute atomic E-state index is 11.6. The molecule has 1 N–H and O–H groups in total. The molecule has 0 atom stereocenters. The van der Waals surface area contributed by atoms with E-state index in [-0.39, 0.29) is 6.61 Å². The molecule has 5 nitrogen and oxygen atoms in total. The third kappa shape index (κ3) is 5.76. The minimum absolute atomic E-state index is 0.277. The number of alkyl carbamates (subject to hydrolysis) is 1. The molecule has 0 aliphatic rings. The SMILES string of the molecule is COc1ncc(C=CCCNC(=O)OCc2ccccc2)cc1C. The molecule has 5 heteroatoms. The number of pyridine rings is 1. The highest BCUT2D eigenvalue weighted by Gasteiger charge is 2.01. The van der Waals surface area contributed by atoms with Crippen LogP contribution in [-0.4, -0.2) is 24.7 Å². The molecule has 1 amide bonds. The summed E-state index contributed by atoms with van der Waals surface area (Å²) in [5.74, 6) is 0.634. The molecular weight excluding hydrogens is 304 g/mol. The summed E-state index contributed by atoms with van der Waals surface area (Å²) in [6.07, 6.45) is 6.01. The van der Waals surface area contributed by atoms with E-state index in [0.29, 0.717) is 18.8 Å². The summed E-state index contributed by atoms with van der Waals surface area (Å²) < 4.78 is 10.3. The zero-order valence-corrected chi connectivity index (χ0v) is 14.0. The van der Waals surface area contributed by atoms with E-state index in [1.54, 1.807) is 13.3 Å². The smallest absolute Gasteiger partial charge is 0.407 e. The van der Waals surface area contributed by atoms with Gasteiger partial charge in [0.05, 0.1) is 7.11 Å². The number of nitrogens with one attached hydrogen (secondary N) is 1.